The summed E-state index contributed by atoms with van der Waals surface area (Å²) < 4.78 is 5.57. The minimum absolute atomic E-state index is 0.0703. The first kappa shape index (κ1) is 11.9. The van der Waals surface area contributed by atoms with E-state index in [1.165, 1.54) is 0 Å². The van der Waals surface area contributed by atoms with E-state index < -0.39 is 0 Å². The monoisotopic (exact) mass is 234 g/mol. The number of rotatable bonds is 2. The smallest absolute Gasteiger partial charge is 0.231 e. The summed E-state index contributed by atoms with van der Waals surface area (Å²) in [5.74, 6) is 0.706. The molecule has 2 rings (SSSR count). The molecule has 0 aliphatic carbocycles. The van der Waals surface area contributed by atoms with E-state index in [1.54, 1.807) is 4.90 Å². The van der Waals surface area contributed by atoms with E-state index in [9.17, 15) is 4.79 Å². The third kappa shape index (κ3) is 2.26. The quantitative estimate of drug-likeness (QED) is 0.839. The molecule has 0 saturated heterocycles. The highest BCUT2D eigenvalue weighted by molar-refractivity contribution is 5.96. The number of fused-ring (bicyclic) bond motifs is 1. The Morgan fingerprint density at radius 3 is 3.06 bits per heavy atom. The molecule has 4 heteroatoms. The summed E-state index contributed by atoms with van der Waals surface area (Å²) in [4.78, 5) is 13.9. The molecule has 4 nitrogen and oxygen atoms in total. The molecule has 17 heavy (non-hydrogen) atoms. The minimum Gasteiger partial charge on any atom is -0.490 e. The largest absolute Gasteiger partial charge is 0.490 e. The van der Waals surface area contributed by atoms with Crippen molar-refractivity contribution in [1.82, 2.24) is 0 Å². The Kier molecular flexibility index (Phi) is 3.33. The maximum atomic E-state index is 12.2. The number of carbonyl (C=O) groups excluding carboxylic acids is 1. The van der Waals surface area contributed by atoms with Crippen LogP contribution in [-0.2, 0) is 4.79 Å². The van der Waals surface area contributed by atoms with Gasteiger partial charge in [-0.3, -0.25) is 4.79 Å². The molecule has 92 valence electrons. The van der Waals surface area contributed by atoms with Crippen molar-refractivity contribution in [2.24, 2.45) is 11.7 Å². The van der Waals surface area contributed by atoms with Crippen LogP contribution in [0.3, 0.4) is 0 Å². The second-order valence-electron chi connectivity index (χ2n) is 4.45. The lowest BCUT2D eigenvalue weighted by Crippen LogP contribution is -2.42. The molecular formula is C13H18N2O2. The lowest BCUT2D eigenvalue weighted by atomic mass is 10.1. The van der Waals surface area contributed by atoms with Gasteiger partial charge < -0.3 is 15.4 Å². The van der Waals surface area contributed by atoms with Crippen molar-refractivity contribution in [3.05, 3.63) is 23.8 Å². The predicted octanol–water partition coefficient (Wildman–Crippen LogP) is 1.32. The van der Waals surface area contributed by atoms with Crippen molar-refractivity contribution in [2.45, 2.75) is 13.8 Å². The molecule has 1 aliphatic heterocycles. The van der Waals surface area contributed by atoms with Gasteiger partial charge in [-0.25, -0.2) is 0 Å². The molecule has 1 aromatic carbocycles. The first-order chi connectivity index (χ1) is 8.13. The van der Waals surface area contributed by atoms with Crippen LogP contribution in [0.4, 0.5) is 5.69 Å². The Bertz CT molecular complexity index is 431. The van der Waals surface area contributed by atoms with Crippen LogP contribution in [0.25, 0.3) is 0 Å². The number of anilines is 1. The summed E-state index contributed by atoms with van der Waals surface area (Å²) in [5, 5.41) is 0. The maximum absolute atomic E-state index is 12.2. The normalized spacial score (nSPS) is 16.1. The zero-order chi connectivity index (χ0) is 12.4. The first-order valence-corrected chi connectivity index (χ1v) is 5.88. The van der Waals surface area contributed by atoms with Gasteiger partial charge in [0.05, 0.1) is 12.2 Å². The molecule has 0 saturated carbocycles. The second-order valence-corrected chi connectivity index (χ2v) is 4.45. The average Bonchev–Trinajstić information content (AvgIpc) is 2.35. The van der Waals surface area contributed by atoms with Gasteiger partial charge in [-0.05, 0) is 24.6 Å². The summed E-state index contributed by atoms with van der Waals surface area (Å²) in [6, 6.07) is 5.88. The second kappa shape index (κ2) is 4.75. The van der Waals surface area contributed by atoms with Crippen molar-refractivity contribution < 1.29 is 9.53 Å². The van der Waals surface area contributed by atoms with Crippen LogP contribution in [-0.4, -0.2) is 25.6 Å². The number of ether oxygens (including phenoxy) is 1. The molecule has 0 spiro atoms. The van der Waals surface area contributed by atoms with Crippen LogP contribution in [0.1, 0.15) is 12.5 Å². The molecule has 0 radical (unpaired) electrons. The van der Waals surface area contributed by atoms with E-state index in [-0.39, 0.29) is 11.8 Å². The van der Waals surface area contributed by atoms with Gasteiger partial charge in [-0.1, -0.05) is 13.0 Å². The number of nitrogens with two attached hydrogens (primary N) is 1. The van der Waals surface area contributed by atoms with E-state index >= 15 is 0 Å². The molecule has 0 fully saturated rings. The van der Waals surface area contributed by atoms with Crippen molar-refractivity contribution in [2.75, 3.05) is 24.6 Å². The molecule has 0 bridgehead atoms. The van der Waals surface area contributed by atoms with Crippen LogP contribution < -0.4 is 15.4 Å². The summed E-state index contributed by atoms with van der Waals surface area (Å²) in [6.45, 7) is 5.37. The number of hydrogen-bond acceptors (Lipinski definition) is 3. The van der Waals surface area contributed by atoms with Gasteiger partial charge in [0.1, 0.15) is 12.4 Å². The maximum Gasteiger partial charge on any atom is 0.231 e. The van der Waals surface area contributed by atoms with Crippen molar-refractivity contribution in [3.8, 4) is 5.75 Å². The highest BCUT2D eigenvalue weighted by Crippen LogP contribution is 2.33. The van der Waals surface area contributed by atoms with Crippen LogP contribution in [0.2, 0.25) is 0 Å². The van der Waals surface area contributed by atoms with E-state index in [4.69, 9.17) is 10.5 Å². The van der Waals surface area contributed by atoms with Gasteiger partial charge >= 0.3 is 0 Å². The number of aryl methyl sites for hydroxylation is 1. The standard InChI is InChI=1S/C13H18N2O2/c1-9-3-4-11-12(7-9)17-6-5-15(11)13(16)10(2)8-14/h3-4,7,10H,5-6,8,14H2,1-2H3. The van der Waals surface area contributed by atoms with Crippen LogP contribution >= 0.6 is 0 Å². The van der Waals surface area contributed by atoms with Gasteiger partial charge in [-0.2, -0.15) is 0 Å². The molecule has 1 amide bonds. The molecule has 2 N–H and O–H groups in total. The van der Waals surface area contributed by atoms with E-state index in [1.807, 2.05) is 32.0 Å². The highest BCUT2D eigenvalue weighted by Gasteiger charge is 2.26. The topological polar surface area (TPSA) is 55.6 Å². The lowest BCUT2D eigenvalue weighted by Gasteiger charge is -2.31. The average molecular weight is 234 g/mol. The van der Waals surface area contributed by atoms with Gasteiger partial charge in [0.2, 0.25) is 5.91 Å². The van der Waals surface area contributed by atoms with Gasteiger partial charge in [0, 0.05) is 12.5 Å². The number of nitrogens with zero attached hydrogens (tertiary/aromatic N) is 1. The summed E-state index contributed by atoms with van der Waals surface area (Å²) in [7, 11) is 0. The molecule has 1 unspecified atom stereocenters. The van der Waals surface area contributed by atoms with E-state index in [0.717, 1.165) is 17.0 Å². The number of carbonyl (C=O) groups is 1. The van der Waals surface area contributed by atoms with E-state index in [2.05, 4.69) is 0 Å². The molecule has 1 aromatic rings. The zero-order valence-corrected chi connectivity index (χ0v) is 10.3. The molecule has 1 heterocycles. The number of benzene rings is 1. The summed E-state index contributed by atoms with van der Waals surface area (Å²) in [5.41, 5.74) is 7.53. The van der Waals surface area contributed by atoms with Crippen molar-refractivity contribution >= 4 is 11.6 Å². The molecular weight excluding hydrogens is 216 g/mol. The van der Waals surface area contributed by atoms with E-state index in [0.29, 0.717) is 19.7 Å². The van der Waals surface area contributed by atoms with Crippen molar-refractivity contribution in [3.63, 3.8) is 0 Å². The summed E-state index contributed by atoms with van der Waals surface area (Å²) >= 11 is 0. The highest BCUT2D eigenvalue weighted by atomic mass is 16.5. The minimum atomic E-state index is -0.151. The predicted molar refractivity (Wildman–Crippen MR) is 67.2 cm³/mol. The van der Waals surface area contributed by atoms with Gasteiger partial charge in [0.15, 0.2) is 0 Å². The van der Waals surface area contributed by atoms with Crippen LogP contribution in [0.15, 0.2) is 18.2 Å². The Morgan fingerprint density at radius 1 is 1.59 bits per heavy atom. The fraction of sp³-hybridized carbons (Fsp3) is 0.462. The number of amides is 1. The van der Waals surface area contributed by atoms with Crippen LogP contribution in [0, 0.1) is 12.8 Å². The zero-order valence-electron chi connectivity index (χ0n) is 10.3. The molecule has 1 aliphatic rings. The Balaban J connectivity index is 2.31. The fourth-order valence-electron chi connectivity index (χ4n) is 1.92. The third-order valence-corrected chi connectivity index (χ3v) is 3.02. The molecule has 0 aromatic heterocycles. The Morgan fingerprint density at radius 2 is 2.35 bits per heavy atom. The lowest BCUT2D eigenvalue weighted by molar-refractivity contribution is -0.121. The summed E-state index contributed by atoms with van der Waals surface area (Å²) in [6.07, 6.45) is 0. The fourth-order valence-corrected chi connectivity index (χ4v) is 1.92. The Labute approximate surface area is 101 Å². The third-order valence-electron chi connectivity index (χ3n) is 3.02. The van der Waals surface area contributed by atoms with Crippen LogP contribution in [0.5, 0.6) is 5.75 Å². The van der Waals surface area contributed by atoms with Gasteiger partial charge in [0.25, 0.3) is 0 Å². The Hall–Kier alpha value is -1.55. The van der Waals surface area contributed by atoms with Gasteiger partial charge in [-0.15, -0.1) is 0 Å². The molecule has 1 atom stereocenters. The SMILES string of the molecule is Cc1ccc2c(c1)OCCN2C(=O)C(C)CN. The van der Waals surface area contributed by atoms with Crippen molar-refractivity contribution in [1.29, 1.82) is 0 Å². The number of hydrogen-bond donors (Lipinski definition) is 1. The first-order valence-electron chi connectivity index (χ1n) is 5.88.